The zero-order valence-corrected chi connectivity index (χ0v) is 7.33. The third-order valence-electron chi connectivity index (χ3n) is 1.93. The third-order valence-corrected chi connectivity index (χ3v) is 1.93. The number of benzene rings is 1. The van der Waals surface area contributed by atoms with E-state index in [1.807, 2.05) is 25.1 Å². The summed E-state index contributed by atoms with van der Waals surface area (Å²) in [4.78, 5) is 7.39. The number of nitrogens with one attached hydrogen (secondary N) is 1. The van der Waals surface area contributed by atoms with Crippen molar-refractivity contribution >= 4 is 16.9 Å². The fraction of sp³-hybridized carbons (Fsp3) is 0.111. The number of imidazole rings is 1. The van der Waals surface area contributed by atoms with Gasteiger partial charge < -0.3 is 4.98 Å². The number of hydrogen-bond donors (Lipinski definition) is 3. The van der Waals surface area contributed by atoms with E-state index in [2.05, 4.69) is 9.97 Å². The van der Waals surface area contributed by atoms with Crippen molar-refractivity contribution in [3.63, 3.8) is 0 Å². The lowest BCUT2D eigenvalue weighted by Crippen LogP contribution is -2.46. The van der Waals surface area contributed by atoms with Crippen LogP contribution in [0.25, 0.3) is 11.0 Å². The number of nitrogens with two attached hydrogens (primary N) is 2. The monoisotopic (exact) mass is 175 g/mol. The van der Waals surface area contributed by atoms with E-state index >= 15 is 0 Å². The van der Waals surface area contributed by atoms with Gasteiger partial charge in [-0.2, -0.15) is 0 Å². The number of hydrogen-bond acceptors (Lipinski definition) is 1. The molecular weight excluding hydrogens is 164 g/mol. The predicted molar refractivity (Wildman–Crippen MR) is 51.1 cm³/mol. The standard InChI is InChI=1S/C9H10N4/c1-5-12-7-3-2-6(9(10)11)4-8(7)13-5/h2-4H,1H3,(H3,10,11)(H,12,13)/p+1. The first-order chi connectivity index (χ1) is 6.16. The molecule has 0 amide bonds. The van der Waals surface area contributed by atoms with Crippen LogP contribution in [-0.4, -0.2) is 15.8 Å². The minimum Gasteiger partial charge on any atom is -0.342 e. The summed E-state index contributed by atoms with van der Waals surface area (Å²) in [5.41, 5.74) is 8.20. The van der Waals surface area contributed by atoms with Crippen LogP contribution in [0.1, 0.15) is 11.4 Å². The number of H-pyrrole nitrogens is 1. The molecule has 13 heavy (non-hydrogen) atoms. The normalized spacial score (nSPS) is 10.5. The van der Waals surface area contributed by atoms with Gasteiger partial charge in [-0.1, -0.05) is 0 Å². The highest BCUT2D eigenvalue weighted by Crippen LogP contribution is 2.12. The third kappa shape index (κ3) is 1.26. The number of amidine groups is 1. The molecule has 5 N–H and O–H groups in total. The molecule has 4 nitrogen and oxygen atoms in total. The van der Waals surface area contributed by atoms with Gasteiger partial charge in [-0.25, -0.2) is 4.98 Å². The van der Waals surface area contributed by atoms with Crippen molar-refractivity contribution in [1.82, 2.24) is 9.97 Å². The molecule has 0 radical (unpaired) electrons. The van der Waals surface area contributed by atoms with Gasteiger partial charge in [0.15, 0.2) is 0 Å². The zero-order chi connectivity index (χ0) is 9.42. The van der Waals surface area contributed by atoms with Gasteiger partial charge in [0.25, 0.3) is 5.84 Å². The van der Waals surface area contributed by atoms with Crippen molar-refractivity contribution < 1.29 is 5.41 Å². The first-order valence-corrected chi connectivity index (χ1v) is 4.01. The molecule has 2 rings (SSSR count). The number of nitrogens with zero attached hydrogens (tertiary/aromatic N) is 1. The van der Waals surface area contributed by atoms with Crippen LogP contribution >= 0.6 is 0 Å². The van der Waals surface area contributed by atoms with E-state index in [1.54, 1.807) is 0 Å². The summed E-state index contributed by atoms with van der Waals surface area (Å²) >= 11 is 0. The smallest absolute Gasteiger partial charge is 0.270 e. The Bertz CT molecular complexity index is 469. The first kappa shape index (κ1) is 7.79. The van der Waals surface area contributed by atoms with Gasteiger partial charge >= 0.3 is 0 Å². The number of rotatable bonds is 1. The van der Waals surface area contributed by atoms with E-state index in [0.717, 1.165) is 22.4 Å². The lowest BCUT2D eigenvalue weighted by atomic mass is 10.2. The van der Waals surface area contributed by atoms with E-state index in [9.17, 15) is 0 Å². The van der Waals surface area contributed by atoms with E-state index < -0.39 is 0 Å². The van der Waals surface area contributed by atoms with Crippen molar-refractivity contribution in [3.8, 4) is 0 Å². The maximum Gasteiger partial charge on any atom is 0.270 e. The Hall–Kier alpha value is -1.84. The summed E-state index contributed by atoms with van der Waals surface area (Å²) in [6.07, 6.45) is 0. The molecule has 0 bridgehead atoms. The predicted octanol–water partition coefficient (Wildman–Crippen LogP) is -0.664. The molecule has 1 aromatic heterocycles. The van der Waals surface area contributed by atoms with Crippen molar-refractivity contribution in [2.75, 3.05) is 0 Å². The summed E-state index contributed by atoms with van der Waals surface area (Å²) in [5.74, 6) is 1.22. The van der Waals surface area contributed by atoms with Crippen molar-refractivity contribution in [2.24, 2.45) is 5.73 Å². The average Bonchev–Trinajstić information content (AvgIpc) is 2.42. The number of aryl methyl sites for hydroxylation is 1. The van der Waals surface area contributed by atoms with Gasteiger partial charge in [0, 0.05) is 0 Å². The second-order valence-corrected chi connectivity index (χ2v) is 3.01. The molecule has 0 aliphatic carbocycles. The Balaban J connectivity index is 2.67. The molecule has 66 valence electrons. The maximum absolute atomic E-state index is 5.47. The largest absolute Gasteiger partial charge is 0.342 e. The molecule has 2 aromatic rings. The fourth-order valence-corrected chi connectivity index (χ4v) is 1.32. The second kappa shape index (κ2) is 2.58. The van der Waals surface area contributed by atoms with Gasteiger partial charge in [0.2, 0.25) is 0 Å². The molecule has 0 atom stereocenters. The summed E-state index contributed by atoms with van der Waals surface area (Å²) in [5, 5.41) is 5.47. The average molecular weight is 175 g/mol. The number of aromatic nitrogens is 2. The minimum atomic E-state index is 0.328. The van der Waals surface area contributed by atoms with Crippen molar-refractivity contribution in [1.29, 1.82) is 0 Å². The van der Waals surface area contributed by atoms with Crippen molar-refractivity contribution in [3.05, 3.63) is 29.6 Å². The van der Waals surface area contributed by atoms with E-state index in [1.165, 1.54) is 0 Å². The summed E-state index contributed by atoms with van der Waals surface area (Å²) in [7, 11) is 0. The Kier molecular flexibility index (Phi) is 1.55. The Morgan fingerprint density at radius 1 is 1.54 bits per heavy atom. The lowest BCUT2D eigenvalue weighted by molar-refractivity contribution is -0.114. The minimum absolute atomic E-state index is 0.328. The summed E-state index contributed by atoms with van der Waals surface area (Å²) < 4.78 is 0. The van der Waals surface area contributed by atoms with Crippen LogP contribution in [0.2, 0.25) is 0 Å². The molecule has 0 aliphatic heterocycles. The SMILES string of the molecule is Cc1nc2ccc(C(N)=[NH2+])cc2[nH]1. The lowest BCUT2D eigenvalue weighted by Gasteiger charge is -1.92. The van der Waals surface area contributed by atoms with Crippen LogP contribution in [-0.2, 0) is 0 Å². The van der Waals surface area contributed by atoms with Crippen molar-refractivity contribution in [2.45, 2.75) is 6.92 Å². The molecule has 1 heterocycles. The Labute approximate surface area is 75.3 Å². The molecule has 0 spiro atoms. The number of aromatic amines is 1. The zero-order valence-electron chi connectivity index (χ0n) is 7.33. The van der Waals surface area contributed by atoms with E-state index in [-0.39, 0.29) is 0 Å². The molecule has 0 saturated carbocycles. The topological polar surface area (TPSA) is 80.3 Å². The molecular formula is C9H11N4+. The number of fused-ring (bicyclic) bond motifs is 1. The maximum atomic E-state index is 5.47. The molecule has 1 aromatic carbocycles. The van der Waals surface area contributed by atoms with Crippen LogP contribution in [0, 0.1) is 6.92 Å². The van der Waals surface area contributed by atoms with Gasteiger partial charge in [-0.15, -0.1) is 0 Å². The molecule has 0 aliphatic rings. The van der Waals surface area contributed by atoms with Gasteiger partial charge in [0.1, 0.15) is 5.82 Å². The van der Waals surface area contributed by atoms with Crippen LogP contribution in [0.15, 0.2) is 18.2 Å². The highest BCUT2D eigenvalue weighted by molar-refractivity contribution is 5.95. The fourth-order valence-electron chi connectivity index (χ4n) is 1.32. The molecule has 0 saturated heterocycles. The Morgan fingerprint density at radius 3 is 3.00 bits per heavy atom. The van der Waals surface area contributed by atoms with Crippen LogP contribution in [0.4, 0.5) is 0 Å². The van der Waals surface area contributed by atoms with Crippen LogP contribution in [0.3, 0.4) is 0 Å². The van der Waals surface area contributed by atoms with Crippen LogP contribution in [0.5, 0.6) is 0 Å². The second-order valence-electron chi connectivity index (χ2n) is 3.01. The highest BCUT2D eigenvalue weighted by atomic mass is 14.9. The molecule has 0 unspecified atom stereocenters. The Morgan fingerprint density at radius 2 is 2.31 bits per heavy atom. The van der Waals surface area contributed by atoms with Gasteiger partial charge in [0.05, 0.1) is 16.6 Å². The summed E-state index contributed by atoms with van der Waals surface area (Å²) in [6, 6.07) is 5.65. The highest BCUT2D eigenvalue weighted by Gasteiger charge is 2.04. The summed E-state index contributed by atoms with van der Waals surface area (Å²) in [6.45, 7) is 1.91. The quantitative estimate of drug-likeness (QED) is 0.397. The van der Waals surface area contributed by atoms with Gasteiger partial charge in [-0.3, -0.25) is 11.1 Å². The molecule has 0 fully saturated rings. The van der Waals surface area contributed by atoms with E-state index in [4.69, 9.17) is 11.1 Å². The van der Waals surface area contributed by atoms with E-state index in [0.29, 0.717) is 5.84 Å². The van der Waals surface area contributed by atoms with Gasteiger partial charge in [-0.05, 0) is 25.1 Å². The first-order valence-electron chi connectivity index (χ1n) is 4.01. The van der Waals surface area contributed by atoms with Crippen LogP contribution < -0.4 is 11.1 Å². The molecule has 4 heteroatoms.